The Balaban J connectivity index is 0.000000810. The van der Waals surface area contributed by atoms with Crippen molar-refractivity contribution in [1.82, 2.24) is 0 Å². The van der Waals surface area contributed by atoms with E-state index in [1.807, 2.05) is 0 Å². The summed E-state index contributed by atoms with van der Waals surface area (Å²) < 4.78 is 0. The van der Waals surface area contributed by atoms with Gasteiger partial charge in [0.05, 0.1) is 0 Å². The SMILES string of the molecule is CCCC1CC[CH-]CC1.[Li+]. The van der Waals surface area contributed by atoms with Gasteiger partial charge in [0.15, 0.2) is 0 Å². The summed E-state index contributed by atoms with van der Waals surface area (Å²) in [5, 5.41) is 0. The smallest absolute Gasteiger partial charge is 0.328 e. The Morgan fingerprint density at radius 2 is 1.90 bits per heavy atom. The molecule has 0 N–H and O–H groups in total. The molecule has 1 fully saturated rings. The van der Waals surface area contributed by atoms with Crippen LogP contribution < -0.4 is 18.9 Å². The van der Waals surface area contributed by atoms with Crippen molar-refractivity contribution >= 4 is 0 Å². The summed E-state index contributed by atoms with van der Waals surface area (Å²) in [5.41, 5.74) is 0. The van der Waals surface area contributed by atoms with Gasteiger partial charge in [0.1, 0.15) is 0 Å². The molecule has 0 spiro atoms. The van der Waals surface area contributed by atoms with Crippen molar-refractivity contribution in [2.75, 3.05) is 0 Å². The van der Waals surface area contributed by atoms with Crippen LogP contribution in [-0.4, -0.2) is 0 Å². The molecular formula is C9H17Li. The van der Waals surface area contributed by atoms with Crippen LogP contribution in [0.1, 0.15) is 45.4 Å². The Kier molecular flexibility index (Phi) is 6.69. The van der Waals surface area contributed by atoms with Crippen molar-refractivity contribution in [3.8, 4) is 0 Å². The molecule has 54 valence electrons. The van der Waals surface area contributed by atoms with E-state index in [9.17, 15) is 0 Å². The Bertz CT molecular complexity index is 62.4. The van der Waals surface area contributed by atoms with Gasteiger partial charge in [0.25, 0.3) is 0 Å². The van der Waals surface area contributed by atoms with Gasteiger partial charge in [-0.3, -0.25) is 0 Å². The number of hydrogen-bond acceptors (Lipinski definition) is 0. The molecule has 1 rings (SSSR count). The van der Waals surface area contributed by atoms with Crippen molar-refractivity contribution in [3.63, 3.8) is 0 Å². The third-order valence-corrected chi connectivity index (χ3v) is 2.26. The molecule has 1 aliphatic rings. The fraction of sp³-hybridized carbons (Fsp3) is 0.889. The van der Waals surface area contributed by atoms with E-state index < -0.39 is 0 Å². The molecule has 0 aromatic heterocycles. The van der Waals surface area contributed by atoms with Gasteiger partial charge in [0, 0.05) is 0 Å². The van der Waals surface area contributed by atoms with Crippen LogP contribution in [0.3, 0.4) is 0 Å². The second kappa shape index (κ2) is 6.32. The van der Waals surface area contributed by atoms with Gasteiger partial charge in [-0.05, 0) is 5.92 Å². The predicted octanol–water partition coefficient (Wildman–Crippen LogP) is 0.185. The molecule has 0 bridgehead atoms. The van der Waals surface area contributed by atoms with Crippen LogP contribution >= 0.6 is 0 Å². The number of hydrogen-bond donors (Lipinski definition) is 0. The van der Waals surface area contributed by atoms with Crippen LogP contribution in [0.5, 0.6) is 0 Å². The van der Waals surface area contributed by atoms with E-state index in [1.165, 1.54) is 38.5 Å². The summed E-state index contributed by atoms with van der Waals surface area (Å²) in [5.74, 6) is 1.07. The quantitative estimate of drug-likeness (QED) is 0.371. The van der Waals surface area contributed by atoms with Gasteiger partial charge in [-0.25, -0.2) is 0 Å². The molecule has 0 amide bonds. The Morgan fingerprint density at radius 3 is 2.40 bits per heavy atom. The normalized spacial score (nSPS) is 20.1. The molecule has 0 aromatic rings. The predicted molar refractivity (Wildman–Crippen MR) is 41.2 cm³/mol. The average molecular weight is 132 g/mol. The molecule has 0 aromatic carbocycles. The first-order chi connectivity index (χ1) is 4.43. The van der Waals surface area contributed by atoms with Crippen molar-refractivity contribution < 1.29 is 18.9 Å². The van der Waals surface area contributed by atoms with E-state index in [1.54, 1.807) is 0 Å². The van der Waals surface area contributed by atoms with Gasteiger partial charge in [-0.1, -0.05) is 32.6 Å². The minimum Gasteiger partial charge on any atom is -0.328 e. The monoisotopic (exact) mass is 132 g/mol. The molecule has 0 atom stereocenters. The van der Waals surface area contributed by atoms with Gasteiger partial charge >= 0.3 is 18.9 Å². The van der Waals surface area contributed by atoms with Crippen LogP contribution in [0, 0.1) is 12.3 Å². The van der Waals surface area contributed by atoms with E-state index >= 15 is 0 Å². The van der Waals surface area contributed by atoms with Crippen molar-refractivity contribution in [2.45, 2.75) is 45.4 Å². The maximum Gasteiger partial charge on any atom is 1.00 e. The fourth-order valence-corrected chi connectivity index (χ4v) is 1.69. The third-order valence-electron chi connectivity index (χ3n) is 2.26. The molecule has 1 heteroatoms. The second-order valence-corrected chi connectivity index (χ2v) is 3.10. The topological polar surface area (TPSA) is 0 Å². The van der Waals surface area contributed by atoms with E-state index in [-0.39, 0.29) is 18.9 Å². The summed E-state index contributed by atoms with van der Waals surface area (Å²) in [7, 11) is 0. The Hall–Kier alpha value is 0.597. The minimum absolute atomic E-state index is 0. The van der Waals surface area contributed by atoms with Crippen LogP contribution in [0.4, 0.5) is 0 Å². The Morgan fingerprint density at radius 1 is 1.30 bits per heavy atom. The van der Waals surface area contributed by atoms with Crippen molar-refractivity contribution in [1.29, 1.82) is 0 Å². The maximum absolute atomic E-state index is 2.44. The first-order valence-corrected chi connectivity index (χ1v) is 4.25. The molecule has 0 saturated heterocycles. The molecule has 1 aliphatic carbocycles. The van der Waals surface area contributed by atoms with Crippen LogP contribution in [-0.2, 0) is 0 Å². The van der Waals surface area contributed by atoms with Crippen molar-refractivity contribution in [3.05, 3.63) is 6.42 Å². The Labute approximate surface area is 77.0 Å². The third kappa shape index (κ3) is 3.69. The van der Waals surface area contributed by atoms with E-state index in [4.69, 9.17) is 0 Å². The van der Waals surface area contributed by atoms with E-state index in [0.29, 0.717) is 0 Å². The van der Waals surface area contributed by atoms with Gasteiger partial charge in [-0.15, -0.1) is 0 Å². The molecule has 0 nitrogen and oxygen atoms in total. The molecule has 10 heavy (non-hydrogen) atoms. The van der Waals surface area contributed by atoms with E-state index in [2.05, 4.69) is 13.3 Å². The zero-order chi connectivity index (χ0) is 6.53. The maximum atomic E-state index is 2.44. The summed E-state index contributed by atoms with van der Waals surface area (Å²) in [4.78, 5) is 0. The second-order valence-electron chi connectivity index (χ2n) is 3.10. The molecule has 1 saturated carbocycles. The molecule has 0 aliphatic heterocycles. The van der Waals surface area contributed by atoms with Crippen LogP contribution in [0.25, 0.3) is 0 Å². The molecule has 0 heterocycles. The van der Waals surface area contributed by atoms with Gasteiger partial charge in [-0.2, -0.15) is 12.8 Å². The standard InChI is InChI=1S/C9H17.Li/c1-2-6-9-7-4-3-5-8-9;/h3,9H,2,4-8H2,1H3;/q-1;+1. The van der Waals surface area contributed by atoms with Crippen molar-refractivity contribution in [2.24, 2.45) is 5.92 Å². The molecule has 0 radical (unpaired) electrons. The first kappa shape index (κ1) is 10.6. The fourth-order valence-electron chi connectivity index (χ4n) is 1.69. The average Bonchev–Trinajstić information content (AvgIpc) is 1.91. The zero-order valence-corrected chi connectivity index (χ0v) is 7.40. The minimum atomic E-state index is 0. The summed E-state index contributed by atoms with van der Waals surface area (Å²) in [6.07, 6.45) is 11.0. The molecule has 0 unspecified atom stereocenters. The molecular weight excluding hydrogens is 115 g/mol. The summed E-state index contributed by atoms with van der Waals surface area (Å²) >= 11 is 0. The first-order valence-electron chi connectivity index (χ1n) is 4.25. The summed E-state index contributed by atoms with van der Waals surface area (Å²) in [6, 6.07) is 0. The summed E-state index contributed by atoms with van der Waals surface area (Å²) in [6.45, 7) is 2.29. The number of rotatable bonds is 2. The zero-order valence-electron chi connectivity index (χ0n) is 7.40. The van der Waals surface area contributed by atoms with E-state index in [0.717, 1.165) is 5.92 Å². The largest absolute Gasteiger partial charge is 1.00 e. The van der Waals surface area contributed by atoms with Crippen LogP contribution in [0.15, 0.2) is 0 Å². The van der Waals surface area contributed by atoms with Crippen LogP contribution in [0.2, 0.25) is 0 Å². The van der Waals surface area contributed by atoms with Gasteiger partial charge in [0.2, 0.25) is 0 Å². The van der Waals surface area contributed by atoms with Gasteiger partial charge < -0.3 is 6.42 Å².